The van der Waals surface area contributed by atoms with Crippen molar-refractivity contribution in [3.8, 4) is 0 Å². The summed E-state index contributed by atoms with van der Waals surface area (Å²) in [4.78, 5) is 13.0. The smallest absolute Gasteiger partial charge is 0.122 e. The van der Waals surface area contributed by atoms with Gasteiger partial charge in [-0.2, -0.15) is 0 Å². The van der Waals surface area contributed by atoms with Crippen LogP contribution in [0.3, 0.4) is 0 Å². The number of nitrogens with zero attached hydrogens (tertiary/aromatic N) is 3. The first-order valence-electron chi connectivity index (χ1n) is 13.8. The molecule has 1 N–H and O–H groups in total. The van der Waals surface area contributed by atoms with Gasteiger partial charge in [0.05, 0.1) is 24.3 Å². The Bertz CT molecular complexity index is 1080. The first-order chi connectivity index (χ1) is 18.4. The number of aromatic nitrogens is 1. The van der Waals surface area contributed by atoms with Crippen molar-refractivity contribution in [2.24, 2.45) is 15.9 Å². The SMILES string of the molecule is C=Cc1c(N=C(C)C)ccnc1C.CCCC(CCC)C(=NC)NCc1ccco1.CCc1ccccc1. The minimum absolute atomic E-state index is 0.560. The molecule has 0 saturated heterocycles. The average Bonchev–Trinajstić information content (AvgIpc) is 3.44. The lowest BCUT2D eigenvalue weighted by atomic mass is 9.97. The van der Waals surface area contributed by atoms with Gasteiger partial charge in [-0.25, -0.2) is 0 Å². The lowest BCUT2D eigenvalue weighted by Gasteiger charge is -2.18. The molecule has 0 saturated carbocycles. The van der Waals surface area contributed by atoms with E-state index in [0.29, 0.717) is 5.92 Å². The van der Waals surface area contributed by atoms with Crippen LogP contribution in [0, 0.1) is 12.8 Å². The average molecular weight is 517 g/mol. The number of pyridine rings is 1. The summed E-state index contributed by atoms with van der Waals surface area (Å²) in [6.45, 7) is 17.0. The molecule has 0 unspecified atom stereocenters. The van der Waals surface area contributed by atoms with Gasteiger partial charge in [-0.1, -0.05) is 76.6 Å². The Hall–Kier alpha value is -3.47. The molecule has 38 heavy (non-hydrogen) atoms. The predicted molar refractivity (Wildman–Crippen MR) is 166 cm³/mol. The van der Waals surface area contributed by atoms with Crippen molar-refractivity contribution in [2.45, 2.75) is 80.2 Å². The van der Waals surface area contributed by atoms with E-state index in [4.69, 9.17) is 4.42 Å². The Labute approximate surface area is 231 Å². The molecular weight excluding hydrogens is 468 g/mol. The molecule has 1 aromatic carbocycles. The van der Waals surface area contributed by atoms with E-state index in [9.17, 15) is 0 Å². The molecular formula is C33H48N4O. The second-order valence-electron chi connectivity index (χ2n) is 9.25. The maximum atomic E-state index is 5.31. The fourth-order valence-electron chi connectivity index (χ4n) is 3.98. The van der Waals surface area contributed by atoms with Gasteiger partial charge in [-0.05, 0) is 63.8 Å². The molecule has 0 aliphatic heterocycles. The molecule has 0 bridgehead atoms. The summed E-state index contributed by atoms with van der Waals surface area (Å²) in [6, 6.07) is 16.2. The van der Waals surface area contributed by atoms with Crippen LogP contribution < -0.4 is 5.32 Å². The topological polar surface area (TPSA) is 62.8 Å². The number of amidine groups is 1. The largest absolute Gasteiger partial charge is 0.467 e. The van der Waals surface area contributed by atoms with Gasteiger partial charge < -0.3 is 9.73 Å². The maximum absolute atomic E-state index is 5.31. The van der Waals surface area contributed by atoms with Crippen LogP contribution >= 0.6 is 0 Å². The molecule has 0 amide bonds. The first-order valence-corrected chi connectivity index (χ1v) is 13.8. The summed E-state index contributed by atoms with van der Waals surface area (Å²) >= 11 is 0. The molecule has 5 heteroatoms. The molecule has 3 aromatic rings. The van der Waals surface area contributed by atoms with E-state index in [1.807, 2.05) is 52.1 Å². The summed E-state index contributed by atoms with van der Waals surface area (Å²) in [5, 5.41) is 3.40. The van der Waals surface area contributed by atoms with Crippen LogP contribution in [0.25, 0.3) is 6.08 Å². The van der Waals surface area contributed by atoms with Gasteiger partial charge in [0.15, 0.2) is 0 Å². The summed E-state index contributed by atoms with van der Waals surface area (Å²) in [5.41, 5.74) is 5.38. The van der Waals surface area contributed by atoms with Crippen LogP contribution in [0.15, 0.2) is 82.0 Å². The van der Waals surface area contributed by atoms with E-state index in [0.717, 1.165) is 47.2 Å². The van der Waals surface area contributed by atoms with Gasteiger partial charge in [-0.15, -0.1) is 0 Å². The minimum atomic E-state index is 0.560. The van der Waals surface area contributed by atoms with E-state index >= 15 is 0 Å². The Morgan fingerprint density at radius 3 is 2.18 bits per heavy atom. The van der Waals surface area contributed by atoms with Crippen LogP contribution in [-0.2, 0) is 13.0 Å². The molecule has 0 fully saturated rings. The maximum Gasteiger partial charge on any atom is 0.122 e. The highest BCUT2D eigenvalue weighted by Crippen LogP contribution is 2.22. The van der Waals surface area contributed by atoms with Gasteiger partial charge in [0.2, 0.25) is 0 Å². The number of nitrogens with one attached hydrogen (secondary N) is 1. The fourth-order valence-corrected chi connectivity index (χ4v) is 3.98. The third-order valence-corrected chi connectivity index (χ3v) is 5.89. The Balaban J connectivity index is 0.000000303. The molecule has 0 atom stereocenters. The number of hydrogen-bond acceptors (Lipinski definition) is 4. The fraction of sp³-hybridized carbons (Fsp3) is 0.424. The molecule has 2 heterocycles. The molecule has 0 aliphatic carbocycles. The zero-order valence-corrected chi connectivity index (χ0v) is 24.6. The predicted octanol–water partition coefficient (Wildman–Crippen LogP) is 9.01. The van der Waals surface area contributed by atoms with E-state index in [1.54, 1.807) is 18.5 Å². The molecule has 206 valence electrons. The second-order valence-corrected chi connectivity index (χ2v) is 9.25. The monoisotopic (exact) mass is 516 g/mol. The molecule has 0 spiro atoms. The number of hydrogen-bond donors (Lipinski definition) is 1. The van der Waals surface area contributed by atoms with Crippen molar-refractivity contribution < 1.29 is 4.42 Å². The third kappa shape index (κ3) is 12.7. The van der Waals surface area contributed by atoms with Gasteiger partial charge in [-0.3, -0.25) is 15.0 Å². The molecule has 2 aromatic heterocycles. The van der Waals surface area contributed by atoms with Crippen molar-refractivity contribution in [3.05, 3.63) is 90.2 Å². The van der Waals surface area contributed by atoms with Gasteiger partial charge in [0, 0.05) is 36.1 Å². The van der Waals surface area contributed by atoms with E-state index in [-0.39, 0.29) is 0 Å². The summed E-state index contributed by atoms with van der Waals surface area (Å²) in [6.07, 6.45) is 11.2. The zero-order chi connectivity index (χ0) is 28.2. The van der Waals surface area contributed by atoms with Crippen LogP contribution in [0.1, 0.15) is 82.9 Å². The van der Waals surface area contributed by atoms with Crippen LogP contribution in [-0.4, -0.2) is 23.6 Å². The highest BCUT2D eigenvalue weighted by molar-refractivity contribution is 5.84. The van der Waals surface area contributed by atoms with Crippen LogP contribution in [0.2, 0.25) is 0 Å². The van der Waals surface area contributed by atoms with Crippen LogP contribution in [0.5, 0.6) is 0 Å². The van der Waals surface area contributed by atoms with Crippen LogP contribution in [0.4, 0.5) is 5.69 Å². The number of aliphatic imine (C=N–C) groups is 2. The van der Waals surface area contributed by atoms with Crippen molar-refractivity contribution in [2.75, 3.05) is 7.05 Å². The van der Waals surface area contributed by atoms with Crippen molar-refractivity contribution in [3.63, 3.8) is 0 Å². The second kappa shape index (κ2) is 19.6. The van der Waals surface area contributed by atoms with Gasteiger partial charge in [0.1, 0.15) is 5.76 Å². The lowest BCUT2D eigenvalue weighted by Crippen LogP contribution is -2.30. The summed E-state index contributed by atoms with van der Waals surface area (Å²) < 4.78 is 5.31. The normalized spacial score (nSPS) is 10.6. The number of aryl methyl sites for hydroxylation is 2. The Morgan fingerprint density at radius 1 is 1.03 bits per heavy atom. The van der Waals surface area contributed by atoms with E-state index in [1.165, 1.54) is 31.2 Å². The summed E-state index contributed by atoms with van der Waals surface area (Å²) in [7, 11) is 1.86. The lowest BCUT2D eigenvalue weighted by molar-refractivity contribution is 0.492. The third-order valence-electron chi connectivity index (χ3n) is 5.89. The summed E-state index contributed by atoms with van der Waals surface area (Å²) in [5.74, 6) is 2.63. The van der Waals surface area contributed by atoms with Crippen molar-refractivity contribution >= 4 is 23.3 Å². The molecule has 0 aliphatic rings. The quantitative estimate of drug-likeness (QED) is 0.216. The number of benzene rings is 1. The van der Waals surface area contributed by atoms with Crippen molar-refractivity contribution in [1.29, 1.82) is 0 Å². The minimum Gasteiger partial charge on any atom is -0.467 e. The zero-order valence-electron chi connectivity index (χ0n) is 24.6. The van der Waals surface area contributed by atoms with Gasteiger partial charge in [0.25, 0.3) is 0 Å². The molecule has 5 nitrogen and oxygen atoms in total. The Morgan fingerprint density at radius 2 is 1.71 bits per heavy atom. The highest BCUT2D eigenvalue weighted by atomic mass is 16.3. The van der Waals surface area contributed by atoms with E-state index < -0.39 is 0 Å². The van der Waals surface area contributed by atoms with E-state index in [2.05, 4.69) is 71.9 Å². The van der Waals surface area contributed by atoms with Crippen molar-refractivity contribution in [1.82, 2.24) is 10.3 Å². The standard InChI is InChI=1S/C14H24N2O.C11H14N2.C8H10/c1-4-7-12(8-5-2)14(15-3)16-11-13-9-6-10-17-13;1-5-10-9(4)12-7-6-11(10)13-8(2)3;1-2-8-6-4-3-5-7-8/h6,9-10,12H,4-5,7-8,11H2,1-3H3,(H,15,16);5-7H,1H2,2-4H3;3-7H,2H2,1H3. The number of rotatable bonds is 10. The molecule has 3 rings (SSSR count). The first kappa shape index (κ1) is 32.6. The van der Waals surface area contributed by atoms with Gasteiger partial charge >= 0.3 is 0 Å². The Kier molecular flexibility index (Phi) is 16.8. The highest BCUT2D eigenvalue weighted by Gasteiger charge is 2.13. The molecule has 0 radical (unpaired) electrons. The number of furan rings is 1.